The average Bonchev–Trinajstić information content (AvgIpc) is 3.16. The van der Waals surface area contributed by atoms with Crippen molar-refractivity contribution < 1.29 is 9.72 Å². The van der Waals surface area contributed by atoms with Gasteiger partial charge < -0.3 is 10.4 Å². The van der Waals surface area contributed by atoms with Gasteiger partial charge in [0.15, 0.2) is 0 Å². The second kappa shape index (κ2) is 4.38. The highest BCUT2D eigenvalue weighted by atomic mass is 35.5. The Morgan fingerprint density at radius 1 is 0.700 bits per heavy atom. The minimum atomic E-state index is -0.448. The van der Waals surface area contributed by atoms with Gasteiger partial charge in [-0.25, -0.2) is 0 Å². The molecule has 0 aromatic carbocycles. The van der Waals surface area contributed by atoms with E-state index in [2.05, 4.69) is 12.2 Å². The molecular formula is C14H16Cl2N2O2. The van der Waals surface area contributed by atoms with Crippen molar-refractivity contribution >= 4 is 23.2 Å². The lowest BCUT2D eigenvalue weighted by atomic mass is 10.0. The van der Waals surface area contributed by atoms with Crippen LogP contribution in [-0.2, 0) is 0 Å². The van der Waals surface area contributed by atoms with Crippen LogP contribution in [0, 0.1) is 34.1 Å². The van der Waals surface area contributed by atoms with Crippen LogP contribution in [0.5, 0.6) is 0 Å². The zero-order chi connectivity index (χ0) is 14.0. The molecule has 0 amide bonds. The molecule has 4 rings (SSSR count). The molecule has 6 heteroatoms. The minimum absolute atomic E-state index is 0.0966. The highest BCUT2D eigenvalue weighted by molar-refractivity contribution is 6.22. The lowest BCUT2D eigenvalue weighted by molar-refractivity contribution is -0.998. The van der Waals surface area contributed by atoms with Gasteiger partial charge in [-0.15, -0.1) is 23.2 Å². The van der Waals surface area contributed by atoms with Crippen molar-refractivity contribution in [2.75, 3.05) is 0 Å². The van der Waals surface area contributed by atoms with Crippen LogP contribution in [0.2, 0.25) is 0 Å². The maximum Gasteiger partial charge on any atom is 0.252 e. The van der Waals surface area contributed by atoms with Gasteiger partial charge in [-0.2, -0.15) is 0 Å². The van der Waals surface area contributed by atoms with Crippen LogP contribution in [-0.4, -0.2) is 32.6 Å². The van der Waals surface area contributed by atoms with Crippen molar-refractivity contribution in [2.45, 2.75) is 35.7 Å². The van der Waals surface area contributed by atoms with E-state index in [1.54, 1.807) is 0 Å². The van der Waals surface area contributed by atoms with E-state index in [1.807, 2.05) is 12.2 Å². The van der Waals surface area contributed by atoms with E-state index in [1.165, 1.54) is 0 Å². The van der Waals surface area contributed by atoms with E-state index in [4.69, 9.17) is 23.2 Å². The molecule has 0 heterocycles. The Kier molecular flexibility index (Phi) is 2.84. The van der Waals surface area contributed by atoms with Gasteiger partial charge in [0, 0.05) is 33.4 Å². The van der Waals surface area contributed by atoms with Crippen LogP contribution in [0.4, 0.5) is 0 Å². The van der Waals surface area contributed by atoms with Crippen LogP contribution in [0.1, 0.15) is 12.8 Å². The van der Waals surface area contributed by atoms with Gasteiger partial charge in [0.1, 0.15) is 10.8 Å². The number of alkyl halides is 2. The normalized spacial score (nSPS) is 52.9. The fourth-order valence-electron chi connectivity index (χ4n) is 4.31. The molecule has 4 aliphatic rings. The number of hydrogen-bond acceptors (Lipinski definition) is 2. The second-order valence-electron chi connectivity index (χ2n) is 6.37. The molecule has 2 fully saturated rings. The van der Waals surface area contributed by atoms with Crippen LogP contribution < -0.4 is 0 Å². The summed E-state index contributed by atoms with van der Waals surface area (Å²) in [4.78, 5) is 1.14. The number of nitrogens with zero attached hydrogens (tertiary/aromatic N) is 2. The second-order valence-corrected chi connectivity index (χ2v) is 7.38. The first-order chi connectivity index (χ1) is 9.58. The SMILES string of the molecule is [O-]/[N+](C1C2C=CC(C2)C1Cl)=[N+](/[O-])C1C2C=CC(C2)C1Cl. The van der Waals surface area contributed by atoms with Crippen molar-refractivity contribution in [2.24, 2.45) is 23.7 Å². The van der Waals surface area contributed by atoms with E-state index in [0.717, 1.165) is 12.8 Å². The van der Waals surface area contributed by atoms with Gasteiger partial charge in [-0.1, -0.05) is 24.3 Å². The largest absolute Gasteiger partial charge is 0.567 e. The smallest absolute Gasteiger partial charge is 0.252 e. The summed E-state index contributed by atoms with van der Waals surface area (Å²) in [6.45, 7) is 0. The first kappa shape index (κ1) is 13.0. The number of allylic oxidation sites excluding steroid dienone is 2. The Morgan fingerprint density at radius 3 is 1.35 bits per heavy atom. The Morgan fingerprint density at radius 2 is 1.05 bits per heavy atom. The van der Waals surface area contributed by atoms with Crippen LogP contribution in [0.25, 0.3) is 0 Å². The zero-order valence-electron chi connectivity index (χ0n) is 10.8. The lowest BCUT2D eigenvalue weighted by Gasteiger charge is -2.23. The first-order valence-corrected chi connectivity index (χ1v) is 8.02. The molecule has 4 nitrogen and oxygen atoms in total. The van der Waals surface area contributed by atoms with E-state index in [9.17, 15) is 10.4 Å². The zero-order valence-corrected chi connectivity index (χ0v) is 12.3. The Bertz CT molecular complexity index is 487. The van der Waals surface area contributed by atoms with Crippen molar-refractivity contribution in [3.63, 3.8) is 0 Å². The quantitative estimate of drug-likeness (QED) is 0.259. The molecule has 108 valence electrons. The predicted octanol–water partition coefficient (Wildman–Crippen LogP) is 2.82. The number of hydrogen-bond donors (Lipinski definition) is 0. The Hall–Kier alpha value is -0.740. The fraction of sp³-hybridized carbons (Fsp3) is 0.714. The molecule has 0 N–H and O–H groups in total. The van der Waals surface area contributed by atoms with Crippen molar-refractivity contribution in [1.82, 2.24) is 0 Å². The van der Waals surface area contributed by atoms with Gasteiger partial charge in [0.2, 0.25) is 0 Å². The lowest BCUT2D eigenvalue weighted by Crippen LogP contribution is -2.45. The Balaban J connectivity index is 1.65. The van der Waals surface area contributed by atoms with E-state index < -0.39 is 12.1 Å². The highest BCUT2D eigenvalue weighted by Gasteiger charge is 2.56. The van der Waals surface area contributed by atoms with E-state index in [0.29, 0.717) is 9.72 Å². The molecule has 8 atom stereocenters. The van der Waals surface area contributed by atoms with Crippen molar-refractivity contribution in [3.05, 3.63) is 34.7 Å². The number of fused-ring (bicyclic) bond motifs is 4. The van der Waals surface area contributed by atoms with Crippen molar-refractivity contribution in [1.29, 1.82) is 0 Å². The summed E-state index contributed by atoms with van der Waals surface area (Å²) in [6, 6.07) is -0.896. The predicted molar refractivity (Wildman–Crippen MR) is 75.6 cm³/mol. The molecular weight excluding hydrogens is 299 g/mol. The first-order valence-electron chi connectivity index (χ1n) is 7.15. The summed E-state index contributed by atoms with van der Waals surface area (Å²) < 4.78 is 0. The van der Waals surface area contributed by atoms with Crippen LogP contribution in [0.15, 0.2) is 24.3 Å². The molecule has 0 aromatic heterocycles. The molecule has 20 heavy (non-hydrogen) atoms. The molecule has 0 radical (unpaired) electrons. The molecule has 0 aromatic rings. The third-order valence-corrected chi connectivity index (χ3v) is 6.52. The number of rotatable bonds is 2. The van der Waals surface area contributed by atoms with Crippen LogP contribution in [0.3, 0.4) is 0 Å². The van der Waals surface area contributed by atoms with Gasteiger partial charge in [-0.3, -0.25) is 0 Å². The van der Waals surface area contributed by atoms with Crippen molar-refractivity contribution in [3.8, 4) is 0 Å². The minimum Gasteiger partial charge on any atom is -0.567 e. The molecule has 0 spiro atoms. The maximum atomic E-state index is 12.5. The van der Waals surface area contributed by atoms with E-state index >= 15 is 0 Å². The third-order valence-electron chi connectivity index (χ3n) is 5.35. The average molecular weight is 315 g/mol. The molecule has 4 bridgehead atoms. The topological polar surface area (TPSA) is 52.1 Å². The number of halogens is 2. The number of azo groups is 1. The molecule has 2 saturated carbocycles. The van der Waals surface area contributed by atoms with Crippen LogP contribution >= 0.6 is 23.2 Å². The van der Waals surface area contributed by atoms with Gasteiger partial charge in [0.25, 0.3) is 12.1 Å². The Labute approximate surface area is 127 Å². The van der Waals surface area contributed by atoms with E-state index in [-0.39, 0.29) is 34.4 Å². The highest BCUT2D eigenvalue weighted by Crippen LogP contribution is 2.46. The summed E-state index contributed by atoms with van der Waals surface area (Å²) in [5.74, 6) is 0.644. The van der Waals surface area contributed by atoms with Gasteiger partial charge >= 0.3 is 0 Å². The van der Waals surface area contributed by atoms with Gasteiger partial charge in [-0.05, 0) is 12.8 Å². The summed E-state index contributed by atoms with van der Waals surface area (Å²) in [5, 5.41) is 24.4. The maximum absolute atomic E-state index is 12.5. The standard InChI is InChI=1S/C14H16Cl2N2O2/c15-11-7-1-3-9(5-7)13(11)17(19)18(20)14-10-4-2-8(6-10)12(14)16/h1-4,7-14H,5-6H2/b18-17+. The summed E-state index contributed by atoms with van der Waals surface area (Å²) in [7, 11) is 0. The number of hydroxylamine groups is 2. The van der Waals surface area contributed by atoms with Gasteiger partial charge in [0.05, 0.1) is 0 Å². The fourth-order valence-corrected chi connectivity index (χ4v) is 5.25. The molecule has 0 saturated heterocycles. The molecule has 0 aliphatic heterocycles. The summed E-state index contributed by atoms with van der Waals surface area (Å²) in [6.07, 6.45) is 9.93. The third kappa shape index (κ3) is 1.61. The summed E-state index contributed by atoms with van der Waals surface area (Å²) >= 11 is 12.7. The summed E-state index contributed by atoms with van der Waals surface area (Å²) in [5.41, 5.74) is 0. The molecule has 4 aliphatic carbocycles. The molecule has 8 unspecified atom stereocenters. The monoisotopic (exact) mass is 314 g/mol.